The summed E-state index contributed by atoms with van der Waals surface area (Å²) in [6, 6.07) is 11.0. The van der Waals surface area contributed by atoms with Gasteiger partial charge >= 0.3 is 5.97 Å². The van der Waals surface area contributed by atoms with E-state index in [1.54, 1.807) is 43.3 Å². The molecule has 0 aliphatic heterocycles. The number of hydrogen-bond acceptors (Lipinski definition) is 7. The first-order valence-electron chi connectivity index (χ1n) is 9.49. The lowest BCUT2D eigenvalue weighted by Crippen LogP contribution is -2.44. The lowest BCUT2D eigenvalue weighted by molar-refractivity contribution is -0.143. The van der Waals surface area contributed by atoms with Gasteiger partial charge in [0.2, 0.25) is 17.9 Å². The maximum atomic E-state index is 12.5. The van der Waals surface area contributed by atoms with Crippen molar-refractivity contribution in [3.8, 4) is 5.75 Å². The van der Waals surface area contributed by atoms with Crippen LogP contribution in [-0.4, -0.2) is 46.9 Å². The standard InChI is InChI=1S/C22H21N3O7/c1-13(10-20(28)25-18(22(30)31)11-19(23)27)32-17-8-4-15(5-9-17)21(29)14-2-6-16(7-3-14)24-12-26/h2-9,13,18H,10-11H2,1H3,(H2,23,27)(H,25,28)(H,30,31). The number of carbonyl (C=O) groups excluding carboxylic acids is 4. The summed E-state index contributed by atoms with van der Waals surface area (Å²) in [5.74, 6) is -2.65. The van der Waals surface area contributed by atoms with E-state index in [0.717, 1.165) is 0 Å². The number of nitrogens with one attached hydrogen (secondary N) is 1. The third-order valence-corrected chi connectivity index (χ3v) is 4.27. The first-order valence-corrected chi connectivity index (χ1v) is 9.49. The van der Waals surface area contributed by atoms with E-state index in [1.807, 2.05) is 0 Å². The molecule has 0 aliphatic carbocycles. The Bertz CT molecular complexity index is 1040. The van der Waals surface area contributed by atoms with E-state index in [-0.39, 0.29) is 12.2 Å². The van der Waals surface area contributed by atoms with Crippen LogP contribution in [-0.2, 0) is 19.2 Å². The van der Waals surface area contributed by atoms with Crippen molar-refractivity contribution in [2.75, 3.05) is 0 Å². The molecular weight excluding hydrogens is 418 g/mol. The number of nitrogens with zero attached hydrogens (tertiary/aromatic N) is 1. The fourth-order valence-electron chi connectivity index (χ4n) is 2.78. The molecule has 2 atom stereocenters. The van der Waals surface area contributed by atoms with Gasteiger partial charge in [-0.05, 0) is 55.5 Å². The van der Waals surface area contributed by atoms with E-state index in [9.17, 15) is 24.0 Å². The van der Waals surface area contributed by atoms with Crippen LogP contribution < -0.4 is 15.8 Å². The second kappa shape index (κ2) is 11.2. The number of nitrogens with two attached hydrogens (primary N) is 1. The number of ketones is 1. The minimum Gasteiger partial charge on any atom is -0.490 e. The van der Waals surface area contributed by atoms with Gasteiger partial charge in [0.15, 0.2) is 5.78 Å². The normalized spacial score (nSPS) is 12.0. The first-order chi connectivity index (χ1) is 15.2. The minimum absolute atomic E-state index is 0.154. The predicted molar refractivity (Wildman–Crippen MR) is 112 cm³/mol. The molecule has 10 nitrogen and oxygen atoms in total. The van der Waals surface area contributed by atoms with Crippen molar-refractivity contribution < 1.29 is 33.8 Å². The lowest BCUT2D eigenvalue weighted by Gasteiger charge is -2.17. The van der Waals surface area contributed by atoms with Gasteiger partial charge in [-0.25, -0.2) is 9.59 Å². The molecule has 0 radical (unpaired) electrons. The zero-order chi connectivity index (χ0) is 23.7. The predicted octanol–water partition coefficient (Wildman–Crippen LogP) is 1.49. The Balaban J connectivity index is 1.94. The molecule has 0 heterocycles. The highest BCUT2D eigenvalue weighted by Gasteiger charge is 2.23. The van der Waals surface area contributed by atoms with Crippen LogP contribution in [0.1, 0.15) is 35.7 Å². The zero-order valence-corrected chi connectivity index (χ0v) is 17.1. The van der Waals surface area contributed by atoms with Crippen LogP contribution in [0.5, 0.6) is 5.75 Å². The molecule has 0 fully saturated rings. The molecule has 0 aromatic heterocycles. The van der Waals surface area contributed by atoms with Crippen molar-refractivity contribution >= 4 is 35.3 Å². The van der Waals surface area contributed by atoms with E-state index in [1.165, 1.54) is 18.2 Å². The Hall–Kier alpha value is -4.30. The summed E-state index contributed by atoms with van der Waals surface area (Å²) in [7, 11) is 0. The Kier molecular flexibility index (Phi) is 8.38. The number of carboxylic acid groups (broad SMARTS) is 1. The summed E-state index contributed by atoms with van der Waals surface area (Å²) >= 11 is 0. The molecule has 0 saturated carbocycles. The summed E-state index contributed by atoms with van der Waals surface area (Å²) in [5, 5.41) is 11.3. The third kappa shape index (κ3) is 7.19. The molecule has 2 amide bonds. The van der Waals surface area contributed by atoms with Crippen LogP contribution in [0.4, 0.5) is 5.69 Å². The van der Waals surface area contributed by atoms with E-state index in [2.05, 4.69) is 10.3 Å². The number of rotatable bonds is 11. The van der Waals surface area contributed by atoms with Gasteiger partial charge in [0.05, 0.1) is 18.5 Å². The highest BCUT2D eigenvalue weighted by Crippen LogP contribution is 2.19. The Morgan fingerprint density at radius 1 is 1.03 bits per heavy atom. The van der Waals surface area contributed by atoms with Crippen molar-refractivity contribution in [2.45, 2.75) is 31.9 Å². The number of benzene rings is 2. The average Bonchev–Trinajstić information content (AvgIpc) is 2.73. The molecule has 0 saturated heterocycles. The second-order valence-electron chi connectivity index (χ2n) is 6.86. The minimum atomic E-state index is -1.41. The molecule has 166 valence electrons. The molecule has 4 N–H and O–H groups in total. The largest absolute Gasteiger partial charge is 0.490 e. The maximum Gasteiger partial charge on any atom is 0.326 e. The zero-order valence-electron chi connectivity index (χ0n) is 17.1. The highest BCUT2D eigenvalue weighted by molar-refractivity contribution is 6.09. The Morgan fingerprint density at radius 3 is 2.09 bits per heavy atom. The van der Waals surface area contributed by atoms with Crippen molar-refractivity contribution in [1.82, 2.24) is 5.32 Å². The van der Waals surface area contributed by atoms with Crippen LogP contribution in [0.25, 0.3) is 0 Å². The summed E-state index contributed by atoms with van der Waals surface area (Å²) in [6.07, 6.45) is 0.151. The molecule has 2 aromatic carbocycles. The van der Waals surface area contributed by atoms with Crippen molar-refractivity contribution in [1.29, 1.82) is 0 Å². The van der Waals surface area contributed by atoms with Crippen LogP contribution in [0.15, 0.2) is 53.5 Å². The summed E-state index contributed by atoms with van der Waals surface area (Å²) < 4.78 is 5.63. The number of carboxylic acids is 1. The fraction of sp³-hybridized carbons (Fsp3) is 0.227. The van der Waals surface area contributed by atoms with E-state index >= 15 is 0 Å². The summed E-state index contributed by atoms with van der Waals surface area (Å²) in [4.78, 5) is 60.3. The molecule has 10 heteroatoms. The van der Waals surface area contributed by atoms with Gasteiger partial charge in [-0.1, -0.05) is 0 Å². The van der Waals surface area contributed by atoms with Crippen LogP contribution in [0.2, 0.25) is 0 Å². The smallest absolute Gasteiger partial charge is 0.326 e. The number of aliphatic carboxylic acids is 1. The van der Waals surface area contributed by atoms with Gasteiger partial charge in [-0.15, -0.1) is 0 Å². The molecular formula is C22H21N3O7. The van der Waals surface area contributed by atoms with Gasteiger partial charge in [0, 0.05) is 11.1 Å². The summed E-state index contributed by atoms with van der Waals surface area (Å²) in [6.45, 7) is 1.62. The van der Waals surface area contributed by atoms with E-state index in [4.69, 9.17) is 15.6 Å². The number of primary amides is 1. The van der Waals surface area contributed by atoms with Crippen molar-refractivity contribution in [2.24, 2.45) is 10.7 Å². The van der Waals surface area contributed by atoms with Gasteiger partial charge in [0.1, 0.15) is 17.9 Å². The van der Waals surface area contributed by atoms with E-state index in [0.29, 0.717) is 22.6 Å². The Labute approximate surface area is 183 Å². The molecule has 2 rings (SSSR count). The van der Waals surface area contributed by atoms with Crippen LogP contribution >= 0.6 is 0 Å². The maximum absolute atomic E-state index is 12.5. The lowest BCUT2D eigenvalue weighted by atomic mass is 10.0. The number of aliphatic imine (C=N–C) groups is 1. The molecule has 0 aliphatic rings. The van der Waals surface area contributed by atoms with E-state index < -0.39 is 36.4 Å². The first kappa shape index (κ1) is 24.0. The summed E-state index contributed by atoms with van der Waals surface area (Å²) in [5.41, 5.74) is 6.19. The molecule has 0 bridgehead atoms. The monoisotopic (exact) mass is 439 g/mol. The number of carbonyl (C=O) groups is 4. The SMILES string of the molecule is CC(CC(=O)NC(CC(N)=O)C(=O)O)Oc1ccc(C(=O)c2ccc(N=C=O)cc2)cc1. The van der Waals surface area contributed by atoms with Crippen LogP contribution in [0.3, 0.4) is 0 Å². The highest BCUT2D eigenvalue weighted by atomic mass is 16.5. The fourth-order valence-corrected chi connectivity index (χ4v) is 2.78. The number of amides is 2. The molecule has 2 aromatic rings. The third-order valence-electron chi connectivity index (χ3n) is 4.27. The topological polar surface area (TPSA) is 165 Å². The van der Waals surface area contributed by atoms with Crippen molar-refractivity contribution in [3.63, 3.8) is 0 Å². The molecule has 32 heavy (non-hydrogen) atoms. The number of ether oxygens (including phenoxy) is 1. The van der Waals surface area contributed by atoms with Crippen LogP contribution in [0, 0.1) is 0 Å². The van der Waals surface area contributed by atoms with Gasteiger partial charge in [-0.2, -0.15) is 4.99 Å². The average molecular weight is 439 g/mol. The molecule has 0 spiro atoms. The quantitative estimate of drug-likeness (QED) is 0.271. The molecule has 2 unspecified atom stereocenters. The van der Waals surface area contributed by atoms with Gasteiger partial charge < -0.3 is 20.9 Å². The van der Waals surface area contributed by atoms with Crippen molar-refractivity contribution in [3.05, 3.63) is 59.7 Å². The Morgan fingerprint density at radius 2 is 1.59 bits per heavy atom. The number of hydrogen-bond donors (Lipinski definition) is 3. The van der Waals surface area contributed by atoms with Gasteiger partial charge in [0.25, 0.3) is 0 Å². The van der Waals surface area contributed by atoms with Gasteiger partial charge in [-0.3, -0.25) is 14.4 Å². The number of isocyanates is 1. The second-order valence-corrected chi connectivity index (χ2v) is 6.86.